The van der Waals surface area contributed by atoms with Crippen LogP contribution in [-0.2, 0) is 15.5 Å². The number of nitrogens with zero attached hydrogens (tertiary/aromatic N) is 1. The van der Waals surface area contributed by atoms with Gasteiger partial charge in [-0.25, -0.2) is 10.2 Å². The highest BCUT2D eigenvalue weighted by molar-refractivity contribution is 7.53. The molecule has 7 heteroatoms. The van der Waals surface area contributed by atoms with Gasteiger partial charge in [-0.1, -0.05) is 42.5 Å². The molecule has 22 heavy (non-hydrogen) atoms. The first-order chi connectivity index (χ1) is 10.6. The lowest BCUT2D eigenvalue weighted by atomic mass is 10.1. The standard InChI is InChI=1S/C15H23Cl2N2O2P/c16-10-12-19(13-11-17)22(18,20)21-14-6-2-5-9-15-7-3-1-4-8-15/h1-5,7-8H,6,9-14H2,(H2,18,20)/b5-2+/t22-/m0/s1. The zero-order chi connectivity index (χ0) is 16.3. The highest BCUT2D eigenvalue weighted by Gasteiger charge is 2.25. The van der Waals surface area contributed by atoms with Crippen LogP contribution >= 0.6 is 30.9 Å². The Balaban J connectivity index is 2.31. The maximum atomic E-state index is 12.3. The van der Waals surface area contributed by atoms with Crippen LogP contribution in [0.3, 0.4) is 0 Å². The van der Waals surface area contributed by atoms with Gasteiger partial charge in [0.25, 0.3) is 0 Å². The van der Waals surface area contributed by atoms with Crippen molar-refractivity contribution in [1.82, 2.24) is 4.67 Å². The summed E-state index contributed by atoms with van der Waals surface area (Å²) in [6, 6.07) is 10.2. The third-order valence-corrected chi connectivity index (χ3v) is 5.08. The quantitative estimate of drug-likeness (QED) is 0.278. The fraction of sp³-hybridized carbons (Fsp3) is 0.467. The van der Waals surface area contributed by atoms with E-state index in [0.29, 0.717) is 37.9 Å². The van der Waals surface area contributed by atoms with E-state index in [9.17, 15) is 4.57 Å². The fourth-order valence-corrected chi connectivity index (χ4v) is 3.80. The number of hydrogen-bond donors (Lipinski definition) is 1. The SMILES string of the molecule is N[P@](=O)(OCC/C=C/Cc1ccccc1)N(CCCl)CCCl. The Hall–Kier alpha value is -0.350. The summed E-state index contributed by atoms with van der Waals surface area (Å²) < 4.78 is 19.1. The molecule has 124 valence electrons. The van der Waals surface area contributed by atoms with Gasteiger partial charge in [-0.15, -0.1) is 23.2 Å². The second-order valence-electron chi connectivity index (χ2n) is 4.68. The van der Waals surface area contributed by atoms with Gasteiger partial charge in [-0.05, 0) is 18.4 Å². The molecular formula is C15H23Cl2N2O2P. The van der Waals surface area contributed by atoms with E-state index < -0.39 is 7.67 Å². The number of benzene rings is 1. The molecule has 0 saturated heterocycles. The van der Waals surface area contributed by atoms with Crippen LogP contribution < -0.4 is 5.50 Å². The Morgan fingerprint density at radius 3 is 2.36 bits per heavy atom. The van der Waals surface area contributed by atoms with E-state index in [-0.39, 0.29) is 0 Å². The molecule has 0 radical (unpaired) electrons. The van der Waals surface area contributed by atoms with Crippen LogP contribution in [0.5, 0.6) is 0 Å². The maximum absolute atomic E-state index is 12.3. The Morgan fingerprint density at radius 2 is 1.77 bits per heavy atom. The average molecular weight is 365 g/mol. The van der Waals surface area contributed by atoms with E-state index in [0.717, 1.165) is 6.42 Å². The number of nitrogens with two attached hydrogens (primary N) is 1. The minimum atomic E-state index is -3.31. The van der Waals surface area contributed by atoms with E-state index in [2.05, 4.69) is 18.2 Å². The van der Waals surface area contributed by atoms with Crippen LogP contribution in [0.1, 0.15) is 12.0 Å². The van der Waals surface area contributed by atoms with Crippen molar-refractivity contribution in [2.75, 3.05) is 31.5 Å². The van der Waals surface area contributed by atoms with Gasteiger partial charge in [-0.3, -0.25) is 4.57 Å². The molecule has 0 aliphatic carbocycles. The summed E-state index contributed by atoms with van der Waals surface area (Å²) in [4.78, 5) is 0. The summed E-state index contributed by atoms with van der Waals surface area (Å²) in [6.45, 7) is 1.10. The molecule has 0 amide bonds. The fourth-order valence-electron chi connectivity index (χ4n) is 1.87. The van der Waals surface area contributed by atoms with Gasteiger partial charge < -0.3 is 4.52 Å². The van der Waals surface area contributed by atoms with Crippen molar-refractivity contribution in [3.05, 3.63) is 48.0 Å². The van der Waals surface area contributed by atoms with Crippen molar-refractivity contribution in [2.45, 2.75) is 12.8 Å². The minimum Gasteiger partial charge on any atom is -0.306 e. The molecule has 0 saturated carbocycles. The molecule has 2 N–H and O–H groups in total. The van der Waals surface area contributed by atoms with Crippen LogP contribution in [-0.4, -0.2) is 36.1 Å². The van der Waals surface area contributed by atoms with E-state index in [4.69, 9.17) is 33.2 Å². The van der Waals surface area contributed by atoms with Gasteiger partial charge in [-0.2, -0.15) is 0 Å². The van der Waals surface area contributed by atoms with Crippen molar-refractivity contribution < 1.29 is 9.09 Å². The Kier molecular flexibility index (Phi) is 10.1. The highest BCUT2D eigenvalue weighted by atomic mass is 35.5. The number of halogens is 2. The normalized spacial score (nSPS) is 14.5. The molecule has 1 aromatic carbocycles. The molecule has 0 aliphatic heterocycles. The third-order valence-electron chi connectivity index (χ3n) is 3.00. The molecule has 0 heterocycles. The smallest absolute Gasteiger partial charge is 0.306 e. The van der Waals surface area contributed by atoms with Gasteiger partial charge in [0.2, 0.25) is 0 Å². The largest absolute Gasteiger partial charge is 0.340 e. The van der Waals surface area contributed by atoms with Crippen molar-refractivity contribution in [2.24, 2.45) is 5.50 Å². The summed E-state index contributed by atoms with van der Waals surface area (Å²) in [5.41, 5.74) is 7.01. The lowest BCUT2D eigenvalue weighted by Crippen LogP contribution is -2.29. The summed E-state index contributed by atoms with van der Waals surface area (Å²) >= 11 is 11.3. The second kappa shape index (κ2) is 11.2. The lowest BCUT2D eigenvalue weighted by Gasteiger charge is -2.26. The van der Waals surface area contributed by atoms with Crippen LogP contribution in [0.2, 0.25) is 0 Å². The topological polar surface area (TPSA) is 55.6 Å². The average Bonchev–Trinajstić information content (AvgIpc) is 2.51. The minimum absolute atomic E-state index is 0.306. The highest BCUT2D eigenvalue weighted by Crippen LogP contribution is 2.42. The Labute approximate surface area is 142 Å². The molecule has 0 fully saturated rings. The first-order valence-corrected chi connectivity index (χ1v) is 9.91. The number of alkyl halides is 2. The first kappa shape index (κ1) is 19.7. The number of hydrogen-bond acceptors (Lipinski definition) is 2. The third kappa shape index (κ3) is 7.77. The van der Waals surface area contributed by atoms with E-state index in [1.165, 1.54) is 10.2 Å². The van der Waals surface area contributed by atoms with Crippen LogP contribution in [0.4, 0.5) is 0 Å². The van der Waals surface area contributed by atoms with Gasteiger partial charge in [0.15, 0.2) is 0 Å². The molecular weight excluding hydrogens is 342 g/mol. The molecule has 0 bridgehead atoms. The van der Waals surface area contributed by atoms with E-state index >= 15 is 0 Å². The van der Waals surface area contributed by atoms with Crippen LogP contribution in [0.15, 0.2) is 42.5 Å². The van der Waals surface area contributed by atoms with Gasteiger partial charge >= 0.3 is 7.67 Å². The van der Waals surface area contributed by atoms with Gasteiger partial charge in [0.1, 0.15) is 0 Å². The zero-order valence-corrected chi connectivity index (χ0v) is 14.9. The number of allylic oxidation sites excluding steroid dienone is 1. The summed E-state index contributed by atoms with van der Waals surface area (Å²) in [5, 5.41) is 0. The molecule has 4 nitrogen and oxygen atoms in total. The summed E-state index contributed by atoms with van der Waals surface area (Å²) in [7, 11) is -3.31. The maximum Gasteiger partial charge on any atom is 0.340 e. The Bertz CT molecular complexity index is 480. The predicted octanol–water partition coefficient (Wildman–Crippen LogP) is 4.04. The zero-order valence-electron chi connectivity index (χ0n) is 12.5. The molecule has 1 atom stereocenters. The first-order valence-electron chi connectivity index (χ1n) is 7.19. The van der Waals surface area contributed by atoms with Crippen LogP contribution in [0.25, 0.3) is 0 Å². The van der Waals surface area contributed by atoms with Crippen molar-refractivity contribution in [3.8, 4) is 0 Å². The van der Waals surface area contributed by atoms with Crippen LogP contribution in [0, 0.1) is 0 Å². The molecule has 0 unspecified atom stereocenters. The molecule has 0 aliphatic rings. The predicted molar refractivity (Wildman–Crippen MR) is 94.7 cm³/mol. The summed E-state index contributed by atoms with van der Waals surface area (Å²) in [5.74, 6) is 0.664. The molecule has 1 rings (SSSR count). The number of rotatable bonds is 11. The van der Waals surface area contributed by atoms with Crippen molar-refractivity contribution in [3.63, 3.8) is 0 Å². The molecule has 1 aromatic rings. The Morgan fingerprint density at radius 1 is 1.14 bits per heavy atom. The van der Waals surface area contributed by atoms with Gasteiger partial charge in [0.05, 0.1) is 6.61 Å². The summed E-state index contributed by atoms with van der Waals surface area (Å²) in [6.07, 6.45) is 5.59. The second-order valence-corrected chi connectivity index (χ2v) is 7.39. The molecule has 0 spiro atoms. The van der Waals surface area contributed by atoms with E-state index in [1.54, 1.807) is 0 Å². The van der Waals surface area contributed by atoms with Crippen molar-refractivity contribution >= 4 is 30.9 Å². The lowest BCUT2D eigenvalue weighted by molar-refractivity contribution is 0.270. The van der Waals surface area contributed by atoms with Crippen molar-refractivity contribution in [1.29, 1.82) is 0 Å². The van der Waals surface area contributed by atoms with Gasteiger partial charge in [0, 0.05) is 24.8 Å². The van der Waals surface area contributed by atoms with E-state index in [1.807, 2.05) is 24.3 Å². The monoisotopic (exact) mass is 364 g/mol. The molecule has 0 aromatic heterocycles.